The largest absolute Gasteiger partial charge is 0.376 e. The van der Waals surface area contributed by atoms with Crippen molar-refractivity contribution in [3.05, 3.63) is 18.5 Å². The maximum absolute atomic E-state index is 5.69. The minimum atomic E-state index is 0.224. The van der Waals surface area contributed by atoms with Crippen LogP contribution < -0.4 is 10.6 Å². The molecule has 2 N–H and O–H groups in total. The van der Waals surface area contributed by atoms with E-state index in [9.17, 15) is 0 Å². The average molecular weight is 289 g/mol. The monoisotopic (exact) mass is 289 g/mol. The molecule has 1 aliphatic heterocycles. The molecule has 8 nitrogen and oxygen atoms in total. The lowest BCUT2D eigenvalue weighted by Crippen LogP contribution is -2.27. The van der Waals surface area contributed by atoms with Crippen molar-refractivity contribution in [2.24, 2.45) is 0 Å². The van der Waals surface area contributed by atoms with Gasteiger partial charge in [-0.05, 0) is 25.3 Å². The number of nitrogens with zero attached hydrogens (tertiary/aromatic N) is 5. The first kappa shape index (κ1) is 13.7. The number of nitrogens with one attached hydrogen (secondary N) is 2. The molecule has 1 saturated heterocycles. The molecular weight excluding hydrogens is 270 g/mol. The molecule has 3 heterocycles. The fourth-order valence-electron chi connectivity index (χ4n) is 2.22. The van der Waals surface area contributed by atoms with E-state index >= 15 is 0 Å². The van der Waals surface area contributed by atoms with E-state index in [1.165, 1.54) is 6.42 Å². The van der Waals surface area contributed by atoms with Gasteiger partial charge in [0.2, 0.25) is 11.9 Å². The zero-order valence-corrected chi connectivity index (χ0v) is 12.0. The van der Waals surface area contributed by atoms with E-state index in [0.29, 0.717) is 24.4 Å². The molecule has 0 saturated carbocycles. The molecule has 1 unspecified atom stereocenters. The number of aromatic nitrogens is 5. The molecular formula is C13H19N7O. The topological polar surface area (TPSA) is 89.8 Å². The van der Waals surface area contributed by atoms with Crippen LogP contribution in [0.2, 0.25) is 0 Å². The SMILES string of the molecule is CNc1nc(NCC2CCCCO2)nc(-n2cccn2)n1. The zero-order chi connectivity index (χ0) is 14.5. The van der Waals surface area contributed by atoms with Crippen molar-refractivity contribution in [3.8, 4) is 5.95 Å². The molecule has 112 valence electrons. The Morgan fingerprint density at radius 3 is 2.90 bits per heavy atom. The molecule has 0 spiro atoms. The second-order valence-electron chi connectivity index (χ2n) is 4.85. The highest BCUT2D eigenvalue weighted by Gasteiger charge is 2.15. The van der Waals surface area contributed by atoms with Crippen LogP contribution in [0.1, 0.15) is 19.3 Å². The minimum Gasteiger partial charge on any atom is -0.376 e. The normalized spacial score (nSPS) is 18.4. The summed E-state index contributed by atoms with van der Waals surface area (Å²) in [4.78, 5) is 13.0. The maximum atomic E-state index is 5.69. The summed E-state index contributed by atoms with van der Waals surface area (Å²) in [5, 5.41) is 10.3. The fraction of sp³-hybridized carbons (Fsp3) is 0.538. The summed E-state index contributed by atoms with van der Waals surface area (Å²) in [6, 6.07) is 1.83. The number of hydrogen-bond donors (Lipinski definition) is 2. The molecule has 0 aromatic carbocycles. The molecule has 3 rings (SSSR count). The van der Waals surface area contributed by atoms with Gasteiger partial charge in [0.15, 0.2) is 0 Å². The van der Waals surface area contributed by atoms with Gasteiger partial charge in [-0.25, -0.2) is 4.68 Å². The van der Waals surface area contributed by atoms with Crippen LogP contribution in [0, 0.1) is 0 Å². The summed E-state index contributed by atoms with van der Waals surface area (Å²) in [5.74, 6) is 1.50. The maximum Gasteiger partial charge on any atom is 0.257 e. The number of anilines is 2. The van der Waals surface area contributed by atoms with Crippen molar-refractivity contribution in [2.75, 3.05) is 30.8 Å². The second-order valence-corrected chi connectivity index (χ2v) is 4.85. The molecule has 8 heteroatoms. The van der Waals surface area contributed by atoms with E-state index < -0.39 is 0 Å². The highest BCUT2D eigenvalue weighted by molar-refractivity contribution is 5.37. The van der Waals surface area contributed by atoms with E-state index in [-0.39, 0.29) is 6.10 Å². The second kappa shape index (κ2) is 6.49. The summed E-state index contributed by atoms with van der Waals surface area (Å²) in [6.07, 6.45) is 7.14. The van der Waals surface area contributed by atoms with Crippen LogP contribution in [0.4, 0.5) is 11.9 Å². The summed E-state index contributed by atoms with van der Waals surface area (Å²) in [7, 11) is 1.77. The Balaban J connectivity index is 1.73. The fourth-order valence-corrected chi connectivity index (χ4v) is 2.22. The molecule has 1 aliphatic rings. The van der Waals surface area contributed by atoms with Crippen molar-refractivity contribution in [1.29, 1.82) is 0 Å². The van der Waals surface area contributed by atoms with Gasteiger partial charge in [-0.3, -0.25) is 0 Å². The Kier molecular flexibility index (Phi) is 4.25. The Hall–Kier alpha value is -2.22. The number of hydrogen-bond acceptors (Lipinski definition) is 7. The smallest absolute Gasteiger partial charge is 0.257 e. The zero-order valence-electron chi connectivity index (χ0n) is 12.0. The molecule has 1 fully saturated rings. The number of rotatable bonds is 5. The quantitative estimate of drug-likeness (QED) is 0.851. The summed E-state index contributed by atoms with van der Waals surface area (Å²) >= 11 is 0. The van der Waals surface area contributed by atoms with Gasteiger partial charge in [-0.2, -0.15) is 20.1 Å². The lowest BCUT2D eigenvalue weighted by Gasteiger charge is -2.22. The Labute approximate surface area is 123 Å². The third-order valence-corrected chi connectivity index (χ3v) is 3.32. The van der Waals surface area contributed by atoms with E-state index in [2.05, 4.69) is 30.7 Å². The third-order valence-electron chi connectivity index (χ3n) is 3.32. The van der Waals surface area contributed by atoms with Crippen molar-refractivity contribution >= 4 is 11.9 Å². The Morgan fingerprint density at radius 2 is 2.19 bits per heavy atom. The molecule has 2 aromatic rings. The predicted octanol–water partition coefficient (Wildman–Crippen LogP) is 1.08. The highest BCUT2D eigenvalue weighted by Crippen LogP contribution is 2.14. The van der Waals surface area contributed by atoms with Crippen molar-refractivity contribution in [3.63, 3.8) is 0 Å². The van der Waals surface area contributed by atoms with Gasteiger partial charge in [-0.1, -0.05) is 0 Å². The number of ether oxygens (including phenoxy) is 1. The van der Waals surface area contributed by atoms with Crippen LogP contribution in [0.5, 0.6) is 0 Å². The van der Waals surface area contributed by atoms with Crippen molar-refractivity contribution < 1.29 is 4.74 Å². The molecule has 2 aromatic heterocycles. The van der Waals surface area contributed by atoms with Crippen LogP contribution in [0.25, 0.3) is 5.95 Å². The average Bonchev–Trinajstić information content (AvgIpc) is 3.08. The highest BCUT2D eigenvalue weighted by atomic mass is 16.5. The van der Waals surface area contributed by atoms with Crippen LogP contribution in [-0.4, -0.2) is 51.0 Å². The van der Waals surface area contributed by atoms with Gasteiger partial charge in [0.05, 0.1) is 6.10 Å². The van der Waals surface area contributed by atoms with Gasteiger partial charge in [0.25, 0.3) is 5.95 Å². The van der Waals surface area contributed by atoms with Gasteiger partial charge < -0.3 is 15.4 Å². The van der Waals surface area contributed by atoms with Crippen molar-refractivity contribution in [2.45, 2.75) is 25.4 Å². The Morgan fingerprint density at radius 1 is 1.29 bits per heavy atom. The summed E-state index contributed by atoms with van der Waals surface area (Å²) in [6.45, 7) is 1.54. The van der Waals surface area contributed by atoms with E-state index in [1.54, 1.807) is 24.1 Å². The van der Waals surface area contributed by atoms with Gasteiger partial charge in [0, 0.05) is 32.6 Å². The van der Waals surface area contributed by atoms with Crippen LogP contribution >= 0.6 is 0 Å². The first-order chi connectivity index (χ1) is 10.3. The van der Waals surface area contributed by atoms with Gasteiger partial charge >= 0.3 is 0 Å². The van der Waals surface area contributed by atoms with E-state index in [1.807, 2.05) is 6.07 Å². The van der Waals surface area contributed by atoms with Crippen LogP contribution in [0.3, 0.4) is 0 Å². The third kappa shape index (κ3) is 3.46. The molecule has 1 atom stereocenters. The summed E-state index contributed by atoms with van der Waals surface area (Å²) < 4.78 is 7.29. The Bertz CT molecular complexity index is 566. The standard InChI is InChI=1S/C13H19N7O/c1-14-11-17-12(15-9-10-5-2-3-8-21-10)19-13(18-11)20-7-4-6-16-20/h4,6-7,10H,2-3,5,8-9H2,1H3,(H2,14,15,17,18,19). The molecule has 0 amide bonds. The molecule has 21 heavy (non-hydrogen) atoms. The van der Waals surface area contributed by atoms with E-state index in [0.717, 1.165) is 19.4 Å². The molecule has 0 aliphatic carbocycles. The minimum absolute atomic E-state index is 0.224. The first-order valence-corrected chi connectivity index (χ1v) is 7.14. The van der Waals surface area contributed by atoms with Crippen molar-refractivity contribution in [1.82, 2.24) is 24.7 Å². The van der Waals surface area contributed by atoms with Gasteiger partial charge in [-0.15, -0.1) is 0 Å². The van der Waals surface area contributed by atoms with Crippen LogP contribution in [-0.2, 0) is 4.74 Å². The van der Waals surface area contributed by atoms with E-state index in [4.69, 9.17) is 4.74 Å². The lowest BCUT2D eigenvalue weighted by atomic mass is 10.1. The van der Waals surface area contributed by atoms with Gasteiger partial charge in [0.1, 0.15) is 0 Å². The molecule has 0 radical (unpaired) electrons. The lowest BCUT2D eigenvalue weighted by molar-refractivity contribution is 0.0246. The van der Waals surface area contributed by atoms with Crippen LogP contribution in [0.15, 0.2) is 18.5 Å². The predicted molar refractivity (Wildman–Crippen MR) is 78.6 cm³/mol. The summed E-state index contributed by atoms with van der Waals surface area (Å²) in [5.41, 5.74) is 0. The first-order valence-electron chi connectivity index (χ1n) is 7.14. The molecule has 0 bridgehead atoms.